The third kappa shape index (κ3) is 3.51. The molecule has 2 atom stereocenters. The van der Waals surface area contributed by atoms with Crippen LogP contribution in [0.15, 0.2) is 24.3 Å². The fourth-order valence-corrected chi connectivity index (χ4v) is 5.05. The number of rotatable bonds is 2. The summed E-state index contributed by atoms with van der Waals surface area (Å²) in [6.07, 6.45) is -0.983. The molecule has 1 aliphatic carbocycles. The molecule has 0 aromatic heterocycles. The Balaban J connectivity index is 1.34. The standard InChI is InChI=1S/C21H24F3NO3/c1-13-8-15(14-2-4-17(5-3-14)21(22,23)24)6-7-25(13)19(27)16-9-20(10-16)11-18(26)28-12-20/h2-5,13,15-16H,6-12H2,1H3/t13-,15+,16?,20?/m1/s1. The minimum atomic E-state index is -4.32. The number of esters is 1. The Morgan fingerprint density at radius 2 is 1.89 bits per heavy atom. The Kier molecular flexibility index (Phi) is 4.67. The first-order valence-electron chi connectivity index (χ1n) is 9.80. The van der Waals surface area contributed by atoms with Crippen LogP contribution in [0.25, 0.3) is 0 Å². The van der Waals surface area contributed by atoms with Crippen molar-refractivity contribution in [2.75, 3.05) is 13.2 Å². The number of carbonyl (C=O) groups excluding carboxylic acids is 2. The molecule has 1 saturated carbocycles. The zero-order chi connectivity index (χ0) is 20.1. The minimum Gasteiger partial charge on any atom is -0.465 e. The van der Waals surface area contributed by atoms with Gasteiger partial charge in [0.15, 0.2) is 0 Å². The van der Waals surface area contributed by atoms with Crippen LogP contribution in [0.4, 0.5) is 13.2 Å². The van der Waals surface area contributed by atoms with Crippen LogP contribution < -0.4 is 0 Å². The number of ether oxygens (including phenoxy) is 1. The Morgan fingerprint density at radius 3 is 2.43 bits per heavy atom. The number of nitrogens with zero attached hydrogens (tertiary/aromatic N) is 1. The number of alkyl halides is 3. The van der Waals surface area contributed by atoms with Gasteiger partial charge in [-0.1, -0.05) is 12.1 Å². The van der Waals surface area contributed by atoms with E-state index in [0.29, 0.717) is 32.4 Å². The molecule has 0 radical (unpaired) electrons. The summed E-state index contributed by atoms with van der Waals surface area (Å²) < 4.78 is 43.3. The molecule has 2 aliphatic heterocycles. The number of hydrogen-bond donors (Lipinski definition) is 0. The zero-order valence-corrected chi connectivity index (χ0v) is 15.8. The van der Waals surface area contributed by atoms with E-state index in [1.807, 2.05) is 11.8 Å². The molecule has 1 aromatic carbocycles. The van der Waals surface area contributed by atoms with Crippen LogP contribution >= 0.6 is 0 Å². The second-order valence-corrected chi connectivity index (χ2v) is 8.66. The lowest BCUT2D eigenvalue weighted by Gasteiger charge is -2.46. The van der Waals surface area contributed by atoms with Gasteiger partial charge in [-0.15, -0.1) is 0 Å². The molecule has 3 fully saturated rings. The predicted molar refractivity (Wildman–Crippen MR) is 95.3 cm³/mol. The van der Waals surface area contributed by atoms with Crippen LogP contribution in [0.5, 0.6) is 0 Å². The molecule has 4 rings (SSSR count). The summed E-state index contributed by atoms with van der Waals surface area (Å²) in [5, 5.41) is 0. The van der Waals surface area contributed by atoms with Crippen LogP contribution in [0.2, 0.25) is 0 Å². The highest BCUT2D eigenvalue weighted by atomic mass is 19.4. The van der Waals surface area contributed by atoms with E-state index in [1.54, 1.807) is 12.1 Å². The first-order valence-corrected chi connectivity index (χ1v) is 9.80. The third-order valence-electron chi connectivity index (χ3n) is 6.64. The van der Waals surface area contributed by atoms with Crippen LogP contribution in [-0.4, -0.2) is 36.0 Å². The Morgan fingerprint density at radius 1 is 1.21 bits per heavy atom. The summed E-state index contributed by atoms with van der Waals surface area (Å²) in [7, 11) is 0. The Hall–Kier alpha value is -2.05. The number of halogens is 3. The molecule has 3 aliphatic rings. The van der Waals surface area contributed by atoms with Gasteiger partial charge >= 0.3 is 12.1 Å². The van der Waals surface area contributed by atoms with E-state index in [0.717, 1.165) is 30.5 Å². The smallest absolute Gasteiger partial charge is 0.416 e. The second kappa shape index (κ2) is 6.78. The summed E-state index contributed by atoms with van der Waals surface area (Å²) in [6.45, 7) is 3.05. The first-order chi connectivity index (χ1) is 13.2. The van der Waals surface area contributed by atoms with Gasteiger partial charge in [-0.05, 0) is 56.2 Å². The van der Waals surface area contributed by atoms with E-state index in [4.69, 9.17) is 4.74 Å². The molecule has 0 unspecified atom stereocenters. The van der Waals surface area contributed by atoms with Crippen molar-refractivity contribution in [2.24, 2.45) is 11.3 Å². The summed E-state index contributed by atoms with van der Waals surface area (Å²) in [5.41, 5.74) is 0.139. The second-order valence-electron chi connectivity index (χ2n) is 8.66. The van der Waals surface area contributed by atoms with E-state index in [2.05, 4.69) is 0 Å². The third-order valence-corrected chi connectivity index (χ3v) is 6.64. The molecule has 0 N–H and O–H groups in total. The molecule has 1 aromatic rings. The number of hydrogen-bond acceptors (Lipinski definition) is 3. The van der Waals surface area contributed by atoms with Gasteiger partial charge in [-0.25, -0.2) is 0 Å². The summed E-state index contributed by atoms with van der Waals surface area (Å²) in [4.78, 5) is 26.1. The minimum absolute atomic E-state index is 0.0421. The fraction of sp³-hybridized carbons (Fsp3) is 0.619. The lowest BCUT2D eigenvalue weighted by atomic mass is 9.61. The lowest BCUT2D eigenvalue weighted by Crippen LogP contribution is -2.52. The van der Waals surface area contributed by atoms with Gasteiger partial charge in [0.25, 0.3) is 0 Å². The number of piperidine rings is 1. The number of likely N-dealkylation sites (tertiary alicyclic amines) is 1. The zero-order valence-electron chi connectivity index (χ0n) is 15.8. The summed E-state index contributed by atoms with van der Waals surface area (Å²) >= 11 is 0. The van der Waals surface area contributed by atoms with Gasteiger partial charge in [-0.3, -0.25) is 9.59 Å². The van der Waals surface area contributed by atoms with Gasteiger partial charge in [0.2, 0.25) is 5.91 Å². The van der Waals surface area contributed by atoms with Gasteiger partial charge in [0, 0.05) is 23.9 Å². The van der Waals surface area contributed by atoms with Crippen molar-refractivity contribution in [3.8, 4) is 0 Å². The molecule has 28 heavy (non-hydrogen) atoms. The average Bonchev–Trinajstić information content (AvgIpc) is 3.01. The molecule has 1 amide bonds. The van der Waals surface area contributed by atoms with E-state index >= 15 is 0 Å². The summed E-state index contributed by atoms with van der Waals surface area (Å²) in [5.74, 6) is 0.0921. The van der Waals surface area contributed by atoms with E-state index < -0.39 is 11.7 Å². The van der Waals surface area contributed by atoms with Crippen molar-refractivity contribution in [3.63, 3.8) is 0 Å². The lowest BCUT2D eigenvalue weighted by molar-refractivity contribution is -0.147. The number of carbonyl (C=O) groups is 2. The molecule has 4 nitrogen and oxygen atoms in total. The number of benzene rings is 1. The normalized spacial score (nSPS) is 32.9. The Bertz CT molecular complexity index is 768. The highest BCUT2D eigenvalue weighted by molar-refractivity contribution is 5.81. The average molecular weight is 395 g/mol. The van der Waals surface area contributed by atoms with Crippen molar-refractivity contribution in [3.05, 3.63) is 35.4 Å². The Labute approximate surface area is 162 Å². The van der Waals surface area contributed by atoms with Gasteiger partial charge in [0.05, 0.1) is 18.6 Å². The maximum Gasteiger partial charge on any atom is 0.416 e. The maximum atomic E-state index is 12.9. The first kappa shape index (κ1) is 19.3. The molecule has 152 valence electrons. The van der Waals surface area contributed by atoms with Crippen molar-refractivity contribution >= 4 is 11.9 Å². The van der Waals surface area contributed by atoms with Crippen molar-refractivity contribution < 1.29 is 27.5 Å². The van der Waals surface area contributed by atoms with Gasteiger partial charge in [-0.2, -0.15) is 13.2 Å². The molecule has 1 spiro atoms. The van der Waals surface area contributed by atoms with Crippen LogP contribution in [0.3, 0.4) is 0 Å². The topological polar surface area (TPSA) is 46.6 Å². The van der Waals surface area contributed by atoms with E-state index in [9.17, 15) is 22.8 Å². The van der Waals surface area contributed by atoms with Gasteiger partial charge in [0.1, 0.15) is 0 Å². The number of cyclic esters (lactones) is 1. The fourth-order valence-electron chi connectivity index (χ4n) is 5.05. The predicted octanol–water partition coefficient (Wildman–Crippen LogP) is 4.14. The quantitative estimate of drug-likeness (QED) is 0.707. The monoisotopic (exact) mass is 395 g/mol. The molecule has 2 heterocycles. The van der Waals surface area contributed by atoms with Crippen molar-refractivity contribution in [1.82, 2.24) is 4.90 Å². The molecule has 0 bridgehead atoms. The molecular formula is C21H24F3NO3. The van der Waals surface area contributed by atoms with Crippen LogP contribution in [-0.2, 0) is 20.5 Å². The highest BCUT2D eigenvalue weighted by Crippen LogP contribution is 2.52. The SMILES string of the molecule is C[C@@H]1C[C@@H](c2ccc(C(F)(F)F)cc2)CCN1C(=O)C1CC2(COC(=O)C2)C1. The van der Waals surface area contributed by atoms with Crippen LogP contribution in [0, 0.1) is 11.3 Å². The molecular weight excluding hydrogens is 371 g/mol. The van der Waals surface area contributed by atoms with E-state index in [1.165, 1.54) is 0 Å². The summed E-state index contributed by atoms with van der Waals surface area (Å²) in [6, 6.07) is 5.44. The molecule has 2 saturated heterocycles. The van der Waals surface area contributed by atoms with Gasteiger partial charge < -0.3 is 9.64 Å². The van der Waals surface area contributed by atoms with E-state index in [-0.39, 0.29) is 35.2 Å². The molecule has 7 heteroatoms. The highest BCUT2D eigenvalue weighted by Gasteiger charge is 2.53. The number of amides is 1. The van der Waals surface area contributed by atoms with Crippen molar-refractivity contribution in [1.29, 1.82) is 0 Å². The van der Waals surface area contributed by atoms with Crippen LogP contribution in [0.1, 0.15) is 56.1 Å². The maximum absolute atomic E-state index is 12.9. The largest absolute Gasteiger partial charge is 0.465 e. The van der Waals surface area contributed by atoms with Crippen molar-refractivity contribution in [2.45, 2.75) is 57.2 Å².